The summed E-state index contributed by atoms with van der Waals surface area (Å²) in [6.07, 6.45) is 1.53. The van der Waals surface area contributed by atoms with E-state index in [9.17, 15) is 18.4 Å². The van der Waals surface area contributed by atoms with Crippen molar-refractivity contribution < 1.29 is 18.4 Å². The minimum atomic E-state index is -0.605. The number of rotatable bonds is 5. The van der Waals surface area contributed by atoms with Crippen LogP contribution < -0.4 is 5.32 Å². The minimum Gasteiger partial charge on any atom is -0.337 e. The number of hydrogen-bond donors (Lipinski definition) is 1. The van der Waals surface area contributed by atoms with Gasteiger partial charge < -0.3 is 9.88 Å². The molecular weight excluding hydrogens is 374 g/mol. The quantitative estimate of drug-likeness (QED) is 0.498. The number of benzene rings is 3. The van der Waals surface area contributed by atoms with Crippen LogP contribution in [0.3, 0.4) is 0 Å². The second-order valence-electron chi connectivity index (χ2n) is 6.52. The molecule has 0 bridgehead atoms. The largest absolute Gasteiger partial charge is 0.337 e. The fraction of sp³-hybridized carbons (Fsp3) is 0.0435. The number of aromatic nitrogens is 1. The van der Waals surface area contributed by atoms with Gasteiger partial charge in [-0.05, 0) is 30.3 Å². The van der Waals surface area contributed by atoms with Crippen LogP contribution in [-0.4, -0.2) is 16.3 Å². The number of hydrogen-bond acceptors (Lipinski definition) is 2. The Morgan fingerprint density at radius 1 is 0.793 bits per heavy atom. The van der Waals surface area contributed by atoms with Gasteiger partial charge in [0.15, 0.2) is 5.78 Å². The van der Waals surface area contributed by atoms with E-state index in [0.29, 0.717) is 16.5 Å². The summed E-state index contributed by atoms with van der Waals surface area (Å²) in [5.74, 6) is -2.05. The van der Waals surface area contributed by atoms with Crippen molar-refractivity contribution in [1.82, 2.24) is 4.57 Å². The van der Waals surface area contributed by atoms with E-state index in [1.807, 2.05) is 0 Å². The number of carbonyl (C=O) groups excluding carboxylic acids is 2. The van der Waals surface area contributed by atoms with Crippen LogP contribution in [-0.2, 0) is 11.3 Å². The van der Waals surface area contributed by atoms with E-state index >= 15 is 0 Å². The highest BCUT2D eigenvalue weighted by atomic mass is 19.1. The number of nitrogens with zero attached hydrogens (tertiary/aromatic N) is 1. The molecule has 3 aromatic carbocycles. The maximum absolute atomic E-state index is 14.1. The zero-order chi connectivity index (χ0) is 20.4. The summed E-state index contributed by atoms with van der Waals surface area (Å²) in [4.78, 5) is 25.3. The first kappa shape index (κ1) is 18.6. The van der Waals surface area contributed by atoms with Gasteiger partial charge in [0.05, 0.1) is 11.3 Å². The van der Waals surface area contributed by atoms with E-state index in [0.717, 1.165) is 0 Å². The Morgan fingerprint density at radius 2 is 1.45 bits per heavy atom. The molecule has 4 rings (SSSR count). The average molecular weight is 390 g/mol. The van der Waals surface area contributed by atoms with Crippen molar-refractivity contribution in [3.8, 4) is 0 Å². The molecule has 1 heterocycles. The second-order valence-corrected chi connectivity index (χ2v) is 6.52. The van der Waals surface area contributed by atoms with E-state index in [2.05, 4.69) is 5.32 Å². The summed E-state index contributed by atoms with van der Waals surface area (Å²) in [5.41, 5.74) is 0.989. The molecule has 0 spiro atoms. The highest BCUT2D eigenvalue weighted by Gasteiger charge is 2.20. The number of anilines is 1. The Kier molecular flexibility index (Phi) is 4.91. The van der Waals surface area contributed by atoms with E-state index in [4.69, 9.17) is 0 Å². The number of ketones is 1. The van der Waals surface area contributed by atoms with Crippen molar-refractivity contribution in [2.24, 2.45) is 0 Å². The molecule has 144 valence electrons. The van der Waals surface area contributed by atoms with Gasteiger partial charge in [0, 0.05) is 22.7 Å². The van der Waals surface area contributed by atoms with Gasteiger partial charge in [0.1, 0.15) is 18.2 Å². The predicted molar refractivity (Wildman–Crippen MR) is 107 cm³/mol. The van der Waals surface area contributed by atoms with Crippen LogP contribution in [0.2, 0.25) is 0 Å². The molecule has 0 aliphatic rings. The summed E-state index contributed by atoms with van der Waals surface area (Å²) in [5, 5.41) is 3.13. The third-order valence-corrected chi connectivity index (χ3v) is 4.61. The van der Waals surface area contributed by atoms with Gasteiger partial charge in [-0.3, -0.25) is 9.59 Å². The molecule has 1 N–H and O–H groups in total. The molecule has 29 heavy (non-hydrogen) atoms. The zero-order valence-corrected chi connectivity index (χ0v) is 15.2. The SMILES string of the molecule is O=C(Cn1cc(C(=O)c2ccccc2F)c2ccccc21)Nc1ccccc1F. The van der Waals surface area contributed by atoms with Crippen molar-refractivity contribution in [3.63, 3.8) is 0 Å². The van der Waals surface area contributed by atoms with Gasteiger partial charge >= 0.3 is 0 Å². The Morgan fingerprint density at radius 3 is 2.21 bits per heavy atom. The van der Waals surface area contributed by atoms with Crippen molar-refractivity contribution >= 4 is 28.3 Å². The Labute approximate surface area is 165 Å². The Balaban J connectivity index is 1.68. The van der Waals surface area contributed by atoms with E-state index in [1.165, 1.54) is 42.6 Å². The monoisotopic (exact) mass is 390 g/mol. The third-order valence-electron chi connectivity index (χ3n) is 4.61. The lowest BCUT2D eigenvalue weighted by Crippen LogP contribution is -2.19. The average Bonchev–Trinajstić information content (AvgIpc) is 3.08. The summed E-state index contributed by atoms with van der Waals surface area (Å²) in [6, 6.07) is 18.7. The normalized spacial score (nSPS) is 10.8. The molecule has 0 radical (unpaired) electrons. The Hall–Kier alpha value is -3.80. The number of amides is 1. The zero-order valence-electron chi connectivity index (χ0n) is 15.2. The van der Waals surface area contributed by atoms with Gasteiger partial charge in [0.25, 0.3) is 0 Å². The molecular formula is C23H16F2N2O2. The molecule has 4 nitrogen and oxygen atoms in total. The van der Waals surface area contributed by atoms with Crippen LogP contribution in [0.15, 0.2) is 79.0 Å². The molecule has 1 amide bonds. The standard InChI is InChI=1S/C23H16F2N2O2/c24-18-9-3-1-8-16(18)23(29)17-13-27(21-12-6-2-7-15(17)21)14-22(28)26-20-11-5-4-10-19(20)25/h1-13H,14H2,(H,26,28). The van der Waals surface area contributed by atoms with Crippen LogP contribution in [0.5, 0.6) is 0 Å². The molecule has 1 aromatic heterocycles. The van der Waals surface area contributed by atoms with Gasteiger partial charge in [0.2, 0.25) is 5.91 Å². The van der Waals surface area contributed by atoms with E-state index in [-0.39, 0.29) is 17.8 Å². The first-order valence-electron chi connectivity index (χ1n) is 8.96. The van der Waals surface area contributed by atoms with Crippen LogP contribution >= 0.6 is 0 Å². The molecule has 0 fully saturated rings. The lowest BCUT2D eigenvalue weighted by atomic mass is 10.0. The summed E-state index contributed by atoms with van der Waals surface area (Å²) < 4.78 is 29.5. The number of nitrogens with one attached hydrogen (secondary N) is 1. The van der Waals surface area contributed by atoms with Crippen LogP contribution in [0, 0.1) is 11.6 Å². The molecule has 0 aliphatic carbocycles. The topological polar surface area (TPSA) is 51.1 Å². The maximum atomic E-state index is 14.1. The second kappa shape index (κ2) is 7.67. The van der Waals surface area contributed by atoms with Crippen molar-refractivity contribution in [3.05, 3.63) is 102 Å². The number of fused-ring (bicyclic) bond motifs is 1. The molecule has 0 unspecified atom stereocenters. The fourth-order valence-electron chi connectivity index (χ4n) is 3.26. The lowest BCUT2D eigenvalue weighted by molar-refractivity contribution is -0.116. The number of halogens is 2. The summed E-state index contributed by atoms with van der Waals surface area (Å²) in [6.45, 7) is -0.126. The molecule has 6 heteroatoms. The maximum Gasteiger partial charge on any atom is 0.244 e. The smallest absolute Gasteiger partial charge is 0.244 e. The number of para-hydroxylation sites is 2. The van der Waals surface area contributed by atoms with Gasteiger partial charge in [-0.15, -0.1) is 0 Å². The van der Waals surface area contributed by atoms with Crippen molar-refractivity contribution in [2.45, 2.75) is 6.54 Å². The lowest BCUT2D eigenvalue weighted by Gasteiger charge is -2.08. The van der Waals surface area contributed by atoms with Gasteiger partial charge in [-0.1, -0.05) is 42.5 Å². The molecule has 4 aromatic rings. The highest BCUT2D eigenvalue weighted by molar-refractivity contribution is 6.16. The van der Waals surface area contributed by atoms with E-state index < -0.39 is 23.3 Å². The van der Waals surface area contributed by atoms with Crippen LogP contribution in [0.4, 0.5) is 14.5 Å². The number of carbonyl (C=O) groups is 2. The first-order valence-corrected chi connectivity index (χ1v) is 8.96. The molecule has 0 aliphatic heterocycles. The fourth-order valence-corrected chi connectivity index (χ4v) is 3.26. The highest BCUT2D eigenvalue weighted by Crippen LogP contribution is 2.25. The molecule has 0 atom stereocenters. The Bertz CT molecular complexity index is 1230. The summed E-state index contributed by atoms with van der Waals surface area (Å²) in [7, 11) is 0. The summed E-state index contributed by atoms with van der Waals surface area (Å²) >= 11 is 0. The van der Waals surface area contributed by atoms with Gasteiger partial charge in [-0.25, -0.2) is 8.78 Å². The van der Waals surface area contributed by atoms with Crippen LogP contribution in [0.25, 0.3) is 10.9 Å². The van der Waals surface area contributed by atoms with E-state index in [1.54, 1.807) is 41.0 Å². The molecule has 0 saturated heterocycles. The van der Waals surface area contributed by atoms with Crippen LogP contribution in [0.1, 0.15) is 15.9 Å². The predicted octanol–water partition coefficient (Wildman–Crippen LogP) is 4.79. The van der Waals surface area contributed by atoms with Crippen molar-refractivity contribution in [2.75, 3.05) is 5.32 Å². The molecule has 0 saturated carbocycles. The third kappa shape index (κ3) is 3.65. The first-order chi connectivity index (χ1) is 14.0. The van der Waals surface area contributed by atoms with Gasteiger partial charge in [-0.2, -0.15) is 0 Å². The van der Waals surface area contributed by atoms with Crippen molar-refractivity contribution in [1.29, 1.82) is 0 Å². The minimum absolute atomic E-state index is 0.0359.